The molecule has 2 aliphatic rings. The second kappa shape index (κ2) is 8.92. The van der Waals surface area contributed by atoms with Crippen LogP contribution >= 0.6 is 0 Å². The van der Waals surface area contributed by atoms with Crippen LogP contribution in [-0.4, -0.2) is 46.0 Å². The minimum atomic E-state index is -0.959. The van der Waals surface area contributed by atoms with Crippen LogP contribution in [0.15, 0.2) is 36.4 Å². The van der Waals surface area contributed by atoms with Crippen LogP contribution in [0.25, 0.3) is 0 Å². The molecule has 2 aromatic rings. The van der Waals surface area contributed by atoms with Gasteiger partial charge in [-0.2, -0.15) is 0 Å². The topological polar surface area (TPSA) is 72.9 Å². The van der Waals surface area contributed by atoms with Crippen LogP contribution in [0.1, 0.15) is 84.0 Å². The largest absolute Gasteiger partial charge is 0.478 e. The van der Waals surface area contributed by atoms with Crippen molar-refractivity contribution in [2.24, 2.45) is 5.41 Å². The van der Waals surface area contributed by atoms with Crippen molar-refractivity contribution < 1.29 is 14.7 Å². The maximum atomic E-state index is 13.5. The molecule has 2 unspecified atom stereocenters. The molecular weight excluding hydrogens is 414 g/mol. The van der Waals surface area contributed by atoms with Gasteiger partial charge in [0, 0.05) is 36.9 Å². The van der Waals surface area contributed by atoms with Gasteiger partial charge >= 0.3 is 5.97 Å². The molecule has 0 aliphatic carbocycles. The lowest BCUT2D eigenvalue weighted by molar-refractivity contribution is -0.0872. The van der Waals surface area contributed by atoms with Crippen LogP contribution < -0.4 is 5.32 Å². The summed E-state index contributed by atoms with van der Waals surface area (Å²) in [5.74, 6) is -0.802. The van der Waals surface area contributed by atoms with Gasteiger partial charge in [-0.05, 0) is 68.4 Å². The molecule has 6 heteroatoms. The summed E-state index contributed by atoms with van der Waals surface area (Å²) >= 11 is 0. The first-order chi connectivity index (χ1) is 15.6. The number of anilines is 1. The van der Waals surface area contributed by atoms with Gasteiger partial charge in [-0.15, -0.1) is 0 Å². The Balaban J connectivity index is 1.67. The van der Waals surface area contributed by atoms with Gasteiger partial charge in [0.05, 0.1) is 11.6 Å². The van der Waals surface area contributed by atoms with Crippen molar-refractivity contribution in [2.45, 2.75) is 66.1 Å². The van der Waals surface area contributed by atoms with Gasteiger partial charge in [-0.1, -0.05) is 37.6 Å². The number of Topliss-reactive ketones (excluding diaryl/α,β-unsaturated/α-hetero) is 1. The number of rotatable bonds is 5. The SMILES string of the molecule is Cc1cc2c(c(C(C)Nc3ccccc3C(=O)O)c1)CN(N1CCC(C)(C)CC1)C(C)C2=O. The Morgan fingerprint density at radius 2 is 1.85 bits per heavy atom. The first-order valence-electron chi connectivity index (χ1n) is 11.9. The molecule has 33 heavy (non-hydrogen) atoms. The first kappa shape index (κ1) is 23.5. The van der Waals surface area contributed by atoms with E-state index >= 15 is 0 Å². The van der Waals surface area contributed by atoms with E-state index in [2.05, 4.69) is 35.2 Å². The highest BCUT2D eigenvalue weighted by Crippen LogP contribution is 2.36. The lowest BCUT2D eigenvalue weighted by Gasteiger charge is -2.47. The van der Waals surface area contributed by atoms with E-state index < -0.39 is 5.97 Å². The monoisotopic (exact) mass is 449 g/mol. The van der Waals surface area contributed by atoms with Crippen molar-refractivity contribution in [3.8, 4) is 0 Å². The van der Waals surface area contributed by atoms with Crippen LogP contribution in [0.4, 0.5) is 5.69 Å². The highest BCUT2D eigenvalue weighted by Gasteiger charge is 2.38. The molecular formula is C27H35N3O3. The van der Waals surface area contributed by atoms with E-state index in [4.69, 9.17) is 0 Å². The Hall–Kier alpha value is -2.70. The second-order valence-corrected chi connectivity index (χ2v) is 10.4. The first-order valence-corrected chi connectivity index (χ1v) is 11.9. The molecule has 2 heterocycles. The van der Waals surface area contributed by atoms with Gasteiger partial charge in [0.2, 0.25) is 0 Å². The molecule has 1 fully saturated rings. The van der Waals surface area contributed by atoms with Crippen molar-refractivity contribution in [3.63, 3.8) is 0 Å². The molecule has 1 saturated heterocycles. The highest BCUT2D eigenvalue weighted by atomic mass is 16.4. The van der Waals surface area contributed by atoms with Gasteiger partial charge < -0.3 is 10.4 Å². The fourth-order valence-electron chi connectivity index (χ4n) is 5.09. The number of benzene rings is 2. The number of carbonyl (C=O) groups is 2. The van der Waals surface area contributed by atoms with Gasteiger partial charge in [0.15, 0.2) is 5.78 Å². The zero-order valence-electron chi connectivity index (χ0n) is 20.3. The summed E-state index contributed by atoms with van der Waals surface area (Å²) in [6.45, 7) is 13.3. The lowest BCUT2D eigenvalue weighted by atomic mass is 9.82. The minimum absolute atomic E-state index is 0.150. The third-order valence-corrected chi connectivity index (χ3v) is 7.29. The number of piperidine rings is 1. The van der Waals surface area contributed by atoms with E-state index in [9.17, 15) is 14.7 Å². The van der Waals surface area contributed by atoms with Gasteiger partial charge in [-0.3, -0.25) is 4.79 Å². The summed E-state index contributed by atoms with van der Waals surface area (Å²) in [5.41, 5.74) is 5.10. The van der Waals surface area contributed by atoms with Gasteiger partial charge in [0.25, 0.3) is 0 Å². The maximum absolute atomic E-state index is 13.5. The van der Waals surface area contributed by atoms with E-state index in [1.165, 1.54) is 0 Å². The number of nitrogens with zero attached hydrogens (tertiary/aromatic N) is 2. The third-order valence-electron chi connectivity index (χ3n) is 7.29. The fourth-order valence-corrected chi connectivity index (χ4v) is 5.09. The highest BCUT2D eigenvalue weighted by molar-refractivity contribution is 6.02. The molecule has 0 amide bonds. The number of hydrogen-bond donors (Lipinski definition) is 2. The van der Waals surface area contributed by atoms with E-state index in [1.807, 2.05) is 32.9 Å². The molecule has 0 saturated carbocycles. The Labute approximate surface area is 196 Å². The summed E-state index contributed by atoms with van der Waals surface area (Å²) < 4.78 is 0. The normalized spacial score (nSPS) is 22.0. The number of carboxylic acid groups (broad SMARTS) is 1. The number of carboxylic acids is 1. The van der Waals surface area contributed by atoms with Crippen molar-refractivity contribution in [3.05, 3.63) is 64.2 Å². The summed E-state index contributed by atoms with van der Waals surface area (Å²) in [5, 5.41) is 17.6. The number of carbonyl (C=O) groups excluding carboxylic acids is 1. The van der Waals surface area contributed by atoms with Crippen molar-refractivity contribution in [1.29, 1.82) is 0 Å². The number of nitrogens with one attached hydrogen (secondary N) is 1. The average molecular weight is 450 g/mol. The number of fused-ring (bicyclic) bond motifs is 1. The van der Waals surface area contributed by atoms with Crippen LogP contribution in [0.2, 0.25) is 0 Å². The van der Waals surface area contributed by atoms with Crippen LogP contribution in [0.3, 0.4) is 0 Å². The predicted octanol–water partition coefficient (Wildman–Crippen LogP) is 5.29. The number of hydrogen-bond acceptors (Lipinski definition) is 5. The molecule has 6 nitrogen and oxygen atoms in total. The van der Waals surface area contributed by atoms with Gasteiger partial charge in [-0.25, -0.2) is 14.8 Å². The molecule has 0 spiro atoms. The number of ketones is 1. The Morgan fingerprint density at radius 3 is 2.52 bits per heavy atom. The van der Waals surface area contributed by atoms with Crippen molar-refractivity contribution in [2.75, 3.05) is 18.4 Å². The van der Waals surface area contributed by atoms with Crippen LogP contribution in [-0.2, 0) is 6.54 Å². The lowest BCUT2D eigenvalue weighted by Crippen LogP contribution is -2.56. The maximum Gasteiger partial charge on any atom is 0.337 e. The number of aryl methyl sites for hydroxylation is 1. The van der Waals surface area contributed by atoms with E-state index in [1.54, 1.807) is 18.2 Å². The number of para-hydroxylation sites is 1. The average Bonchev–Trinajstić information content (AvgIpc) is 2.76. The van der Waals surface area contributed by atoms with Crippen molar-refractivity contribution >= 4 is 17.4 Å². The predicted molar refractivity (Wildman–Crippen MR) is 131 cm³/mol. The zero-order chi connectivity index (χ0) is 23.9. The second-order valence-electron chi connectivity index (χ2n) is 10.4. The number of hydrazine groups is 1. The molecule has 4 rings (SSSR count). The standard InChI is InChI=1S/C27H35N3O3/c1-17-14-21(18(2)28-24-9-7-6-8-20(24)26(32)33)23-16-30(19(3)25(31)22(23)15-17)29-12-10-27(4,5)11-13-29/h6-9,14-15,18-19,28H,10-13,16H2,1-5H3,(H,32,33). The Bertz CT molecular complexity index is 1070. The molecule has 0 radical (unpaired) electrons. The van der Waals surface area contributed by atoms with E-state index in [0.717, 1.165) is 48.2 Å². The zero-order valence-corrected chi connectivity index (χ0v) is 20.3. The number of aromatic carboxylic acids is 1. The Kier molecular flexibility index (Phi) is 6.34. The Morgan fingerprint density at radius 1 is 1.18 bits per heavy atom. The smallest absolute Gasteiger partial charge is 0.337 e. The van der Waals surface area contributed by atoms with E-state index in [0.29, 0.717) is 17.6 Å². The quantitative estimate of drug-likeness (QED) is 0.646. The van der Waals surface area contributed by atoms with Crippen LogP contribution in [0.5, 0.6) is 0 Å². The third kappa shape index (κ3) is 4.68. The molecule has 2 aromatic carbocycles. The molecule has 0 bridgehead atoms. The van der Waals surface area contributed by atoms with Crippen molar-refractivity contribution in [1.82, 2.24) is 10.0 Å². The fraction of sp³-hybridized carbons (Fsp3) is 0.481. The molecule has 0 aromatic heterocycles. The van der Waals surface area contributed by atoms with Crippen LogP contribution in [0, 0.1) is 12.3 Å². The minimum Gasteiger partial charge on any atom is -0.478 e. The summed E-state index contributed by atoms with van der Waals surface area (Å²) in [7, 11) is 0. The summed E-state index contributed by atoms with van der Waals surface area (Å²) in [4.78, 5) is 25.1. The molecule has 176 valence electrons. The molecule has 2 aliphatic heterocycles. The molecule has 2 atom stereocenters. The molecule has 2 N–H and O–H groups in total. The van der Waals surface area contributed by atoms with E-state index in [-0.39, 0.29) is 23.4 Å². The summed E-state index contributed by atoms with van der Waals surface area (Å²) in [6.07, 6.45) is 2.23. The van der Waals surface area contributed by atoms with Gasteiger partial charge in [0.1, 0.15) is 0 Å². The summed E-state index contributed by atoms with van der Waals surface area (Å²) in [6, 6.07) is 10.7.